The Morgan fingerprint density at radius 2 is 1.80 bits per heavy atom. The fraction of sp³-hybridized carbons (Fsp3) is 0.714. The van der Waals surface area contributed by atoms with Crippen molar-refractivity contribution in [2.24, 2.45) is 5.73 Å². The van der Waals surface area contributed by atoms with Gasteiger partial charge in [-0.3, -0.25) is 4.90 Å². The Hall–Kier alpha value is -0.170. The molecule has 0 spiro atoms. The zero-order valence-corrected chi connectivity index (χ0v) is 13.9. The van der Waals surface area contributed by atoms with Gasteiger partial charge >= 0.3 is 0 Å². The topological polar surface area (TPSA) is 47.7 Å². The van der Waals surface area contributed by atoms with Crippen molar-refractivity contribution in [1.82, 2.24) is 4.90 Å². The second-order valence-corrected chi connectivity index (χ2v) is 6.07. The minimum Gasteiger partial charge on any atom is -0.380 e. The molecule has 2 N–H and O–H groups in total. The highest BCUT2D eigenvalue weighted by atomic mass is 35.5. The summed E-state index contributed by atoms with van der Waals surface area (Å²) in [7, 11) is 0. The van der Waals surface area contributed by atoms with E-state index in [1.165, 1.54) is 4.88 Å². The van der Waals surface area contributed by atoms with Crippen molar-refractivity contribution in [2.45, 2.75) is 19.9 Å². The van der Waals surface area contributed by atoms with Crippen molar-refractivity contribution in [3.8, 4) is 0 Å². The molecule has 116 valence electrons. The Bertz CT molecular complexity index is 353. The van der Waals surface area contributed by atoms with Crippen LogP contribution in [0.2, 0.25) is 4.34 Å². The highest BCUT2D eigenvalue weighted by Gasteiger charge is 2.20. The lowest BCUT2D eigenvalue weighted by atomic mass is 10.2. The number of hydrogen-bond acceptors (Lipinski definition) is 5. The third kappa shape index (κ3) is 6.08. The highest BCUT2D eigenvalue weighted by Crippen LogP contribution is 2.29. The van der Waals surface area contributed by atoms with Crippen LogP contribution in [-0.4, -0.2) is 51.0 Å². The van der Waals surface area contributed by atoms with Crippen molar-refractivity contribution in [2.75, 3.05) is 46.1 Å². The molecule has 1 heterocycles. The molecule has 4 nitrogen and oxygen atoms in total. The lowest BCUT2D eigenvalue weighted by molar-refractivity contribution is 0.0647. The summed E-state index contributed by atoms with van der Waals surface area (Å²) in [4.78, 5) is 3.51. The van der Waals surface area contributed by atoms with Gasteiger partial charge in [0, 0.05) is 37.7 Å². The molecule has 1 rings (SSSR count). The average molecular weight is 321 g/mol. The molecule has 0 saturated carbocycles. The molecule has 0 fully saturated rings. The molecule has 0 aliphatic heterocycles. The van der Waals surface area contributed by atoms with Crippen molar-refractivity contribution in [1.29, 1.82) is 0 Å². The van der Waals surface area contributed by atoms with Crippen LogP contribution in [0.25, 0.3) is 0 Å². The van der Waals surface area contributed by atoms with E-state index in [2.05, 4.69) is 11.0 Å². The Morgan fingerprint density at radius 1 is 1.20 bits per heavy atom. The van der Waals surface area contributed by atoms with Crippen LogP contribution in [0.3, 0.4) is 0 Å². The van der Waals surface area contributed by atoms with Crippen LogP contribution in [0.4, 0.5) is 0 Å². The third-order valence-corrected chi connectivity index (χ3v) is 4.37. The minimum atomic E-state index is 0.174. The molecule has 0 saturated heterocycles. The molecule has 0 aromatic carbocycles. The van der Waals surface area contributed by atoms with E-state index in [4.69, 9.17) is 26.8 Å². The first-order valence-corrected chi connectivity index (χ1v) is 8.27. The number of nitrogens with zero attached hydrogens (tertiary/aromatic N) is 1. The second kappa shape index (κ2) is 10.5. The number of ether oxygens (including phenoxy) is 2. The fourth-order valence-corrected chi connectivity index (χ4v) is 3.24. The average Bonchev–Trinajstić information content (AvgIpc) is 2.86. The Morgan fingerprint density at radius 3 is 2.20 bits per heavy atom. The Balaban J connectivity index is 2.65. The van der Waals surface area contributed by atoms with Crippen molar-refractivity contribution < 1.29 is 9.47 Å². The van der Waals surface area contributed by atoms with Gasteiger partial charge in [0.15, 0.2) is 0 Å². The van der Waals surface area contributed by atoms with Gasteiger partial charge in [-0.2, -0.15) is 0 Å². The summed E-state index contributed by atoms with van der Waals surface area (Å²) >= 11 is 7.62. The summed E-state index contributed by atoms with van der Waals surface area (Å²) in [6.07, 6.45) is 0. The number of halogens is 1. The summed E-state index contributed by atoms with van der Waals surface area (Å²) in [5, 5.41) is 0. The van der Waals surface area contributed by atoms with Crippen molar-refractivity contribution >= 4 is 22.9 Å². The number of hydrogen-bond donors (Lipinski definition) is 1. The molecule has 1 aromatic heterocycles. The molecule has 1 aromatic rings. The summed E-state index contributed by atoms with van der Waals surface area (Å²) in [5.41, 5.74) is 5.96. The van der Waals surface area contributed by atoms with E-state index in [-0.39, 0.29) is 6.04 Å². The van der Waals surface area contributed by atoms with Crippen LogP contribution < -0.4 is 5.73 Å². The monoisotopic (exact) mass is 320 g/mol. The molecular formula is C14H25ClN2O2S. The molecule has 6 heteroatoms. The quantitative estimate of drug-likeness (QED) is 0.637. The maximum atomic E-state index is 6.03. The maximum Gasteiger partial charge on any atom is 0.0931 e. The van der Waals surface area contributed by atoms with E-state index >= 15 is 0 Å². The number of rotatable bonds is 11. The largest absolute Gasteiger partial charge is 0.380 e. The summed E-state index contributed by atoms with van der Waals surface area (Å²) < 4.78 is 11.7. The second-order valence-electron chi connectivity index (χ2n) is 4.32. The number of thiophene rings is 1. The normalized spacial score (nSPS) is 13.1. The fourth-order valence-electron chi connectivity index (χ4n) is 2.03. The van der Waals surface area contributed by atoms with Crippen molar-refractivity contribution in [3.05, 3.63) is 21.3 Å². The SMILES string of the molecule is CCOCCN(CCOCC)C(CN)c1ccc(Cl)s1. The van der Waals surface area contributed by atoms with E-state index in [0.29, 0.717) is 19.8 Å². The van der Waals surface area contributed by atoms with Gasteiger partial charge in [-0.15, -0.1) is 11.3 Å². The summed E-state index contributed by atoms with van der Waals surface area (Å²) in [6, 6.07) is 4.15. The predicted molar refractivity (Wildman–Crippen MR) is 85.7 cm³/mol. The van der Waals surface area contributed by atoms with E-state index in [9.17, 15) is 0 Å². The Labute approximate surface area is 130 Å². The highest BCUT2D eigenvalue weighted by molar-refractivity contribution is 7.16. The van der Waals surface area contributed by atoms with Gasteiger partial charge in [0.05, 0.1) is 23.6 Å². The zero-order chi connectivity index (χ0) is 14.8. The Kier molecular flexibility index (Phi) is 9.42. The van der Waals surface area contributed by atoms with Gasteiger partial charge in [0.25, 0.3) is 0 Å². The lowest BCUT2D eigenvalue weighted by Gasteiger charge is -2.30. The van der Waals surface area contributed by atoms with Gasteiger partial charge in [0.1, 0.15) is 0 Å². The first-order valence-electron chi connectivity index (χ1n) is 7.07. The maximum absolute atomic E-state index is 6.03. The van der Waals surface area contributed by atoms with E-state index < -0.39 is 0 Å². The van der Waals surface area contributed by atoms with Gasteiger partial charge < -0.3 is 15.2 Å². The molecule has 20 heavy (non-hydrogen) atoms. The van der Waals surface area contributed by atoms with E-state index in [0.717, 1.165) is 30.6 Å². The van der Waals surface area contributed by atoms with Crippen LogP contribution >= 0.6 is 22.9 Å². The van der Waals surface area contributed by atoms with Gasteiger partial charge in [-0.05, 0) is 26.0 Å². The van der Waals surface area contributed by atoms with Crippen LogP contribution in [0.1, 0.15) is 24.8 Å². The van der Waals surface area contributed by atoms with E-state index in [1.807, 2.05) is 19.9 Å². The molecule has 1 unspecified atom stereocenters. The van der Waals surface area contributed by atoms with Gasteiger partial charge in [-0.1, -0.05) is 11.6 Å². The smallest absolute Gasteiger partial charge is 0.0931 e. The minimum absolute atomic E-state index is 0.174. The molecule has 0 aliphatic rings. The first-order chi connectivity index (χ1) is 9.72. The number of nitrogens with two attached hydrogens (primary N) is 1. The first kappa shape index (κ1) is 17.9. The van der Waals surface area contributed by atoms with E-state index in [1.54, 1.807) is 11.3 Å². The molecule has 0 amide bonds. The lowest BCUT2D eigenvalue weighted by Crippen LogP contribution is -2.38. The van der Waals surface area contributed by atoms with Gasteiger partial charge in [-0.25, -0.2) is 0 Å². The van der Waals surface area contributed by atoms with Crippen LogP contribution in [-0.2, 0) is 9.47 Å². The summed E-state index contributed by atoms with van der Waals surface area (Å²) in [5.74, 6) is 0. The zero-order valence-electron chi connectivity index (χ0n) is 12.3. The van der Waals surface area contributed by atoms with Crippen LogP contribution in [0.5, 0.6) is 0 Å². The van der Waals surface area contributed by atoms with Crippen LogP contribution in [0, 0.1) is 0 Å². The molecular weight excluding hydrogens is 296 g/mol. The predicted octanol–water partition coefficient (Wildman–Crippen LogP) is 2.78. The molecule has 0 bridgehead atoms. The molecule has 1 atom stereocenters. The third-order valence-electron chi connectivity index (χ3n) is 3.04. The van der Waals surface area contributed by atoms with Gasteiger partial charge in [0.2, 0.25) is 0 Å². The molecule has 0 aliphatic carbocycles. The standard InChI is InChI=1S/C14H25ClN2O2S/c1-3-18-9-7-17(8-10-19-4-2)12(11-16)13-5-6-14(15)20-13/h5-6,12H,3-4,7-11,16H2,1-2H3. The van der Waals surface area contributed by atoms with Crippen LogP contribution in [0.15, 0.2) is 12.1 Å². The molecule has 0 radical (unpaired) electrons. The van der Waals surface area contributed by atoms with Crippen molar-refractivity contribution in [3.63, 3.8) is 0 Å². The summed E-state index contributed by atoms with van der Waals surface area (Å²) in [6.45, 7) is 9.14.